The van der Waals surface area contributed by atoms with Crippen LogP contribution in [0, 0.1) is 0 Å². The summed E-state index contributed by atoms with van der Waals surface area (Å²) < 4.78 is 16.0. The molecule has 3 rings (SSSR count). The van der Waals surface area contributed by atoms with Crippen molar-refractivity contribution in [1.82, 2.24) is 5.32 Å². The summed E-state index contributed by atoms with van der Waals surface area (Å²) in [6, 6.07) is 17.6. The number of hydrogen-bond donors (Lipinski definition) is 3. The van der Waals surface area contributed by atoms with Gasteiger partial charge in [-0.3, -0.25) is 4.79 Å². The van der Waals surface area contributed by atoms with Gasteiger partial charge >= 0.3 is 5.97 Å². The molecule has 7 nitrogen and oxygen atoms in total. The van der Waals surface area contributed by atoms with Crippen LogP contribution in [0.5, 0.6) is 0 Å². The molecule has 2 aromatic carbocycles. The van der Waals surface area contributed by atoms with Crippen LogP contribution in [0.1, 0.15) is 6.92 Å². The van der Waals surface area contributed by atoms with Crippen molar-refractivity contribution in [3.05, 3.63) is 54.6 Å². The van der Waals surface area contributed by atoms with E-state index in [0.717, 1.165) is 17.1 Å². The lowest BCUT2D eigenvalue weighted by Gasteiger charge is -2.32. The maximum absolute atomic E-state index is 11.2. The molecule has 2 atom stereocenters. The minimum Gasteiger partial charge on any atom is -0.431 e. The van der Waals surface area contributed by atoms with Crippen molar-refractivity contribution >= 4 is 40.4 Å². The zero-order chi connectivity index (χ0) is 19.1. The van der Waals surface area contributed by atoms with Gasteiger partial charge in [-0.05, 0) is 48.6 Å². The summed E-state index contributed by atoms with van der Waals surface area (Å²) in [6.45, 7) is 2.06. The Bertz CT molecular complexity index is 770. The summed E-state index contributed by atoms with van der Waals surface area (Å²) in [7, 11) is 0. The first-order chi connectivity index (χ1) is 13.1. The van der Waals surface area contributed by atoms with Gasteiger partial charge in [0.2, 0.25) is 6.29 Å². The molecule has 3 N–H and O–H groups in total. The number of carbonyl (C=O) groups is 1. The Hall–Kier alpha value is -2.68. The Kier molecular flexibility index (Phi) is 6.59. The lowest BCUT2D eigenvalue weighted by molar-refractivity contribution is -0.244. The quantitative estimate of drug-likeness (QED) is 0.534. The zero-order valence-electron chi connectivity index (χ0n) is 14.8. The highest BCUT2D eigenvalue weighted by Crippen LogP contribution is 2.19. The molecule has 0 bridgehead atoms. The van der Waals surface area contributed by atoms with E-state index in [9.17, 15) is 4.79 Å². The minimum absolute atomic E-state index is 0.339. The maximum atomic E-state index is 11.2. The fraction of sp³-hybridized carbons (Fsp3) is 0.263. The molecule has 0 radical (unpaired) electrons. The highest BCUT2D eigenvalue weighted by Gasteiger charge is 2.30. The molecule has 2 unspecified atom stereocenters. The molecule has 1 heterocycles. The van der Waals surface area contributed by atoms with Crippen molar-refractivity contribution in [3.8, 4) is 0 Å². The van der Waals surface area contributed by atoms with E-state index in [-0.39, 0.29) is 0 Å². The number of hydrogen-bond acceptors (Lipinski definition) is 6. The van der Waals surface area contributed by atoms with Gasteiger partial charge in [0.05, 0.1) is 13.2 Å². The molecule has 0 aromatic heterocycles. The summed E-state index contributed by atoms with van der Waals surface area (Å²) >= 11 is 5.31. The second-order valence-electron chi connectivity index (χ2n) is 5.81. The normalized spacial score (nSPS) is 19.0. The Labute approximate surface area is 163 Å². The summed E-state index contributed by atoms with van der Waals surface area (Å²) in [5, 5.41) is 9.68. The van der Waals surface area contributed by atoms with Crippen LogP contribution in [-0.2, 0) is 19.0 Å². The van der Waals surface area contributed by atoms with Crippen LogP contribution < -0.4 is 16.0 Å². The number of carbonyl (C=O) groups excluding carboxylic acids is 1. The summed E-state index contributed by atoms with van der Waals surface area (Å²) in [5.74, 6) is -0.447. The summed E-state index contributed by atoms with van der Waals surface area (Å²) in [6.07, 6.45) is -1.50. The Morgan fingerprint density at radius 1 is 1.00 bits per heavy atom. The zero-order valence-corrected chi connectivity index (χ0v) is 15.6. The van der Waals surface area contributed by atoms with Gasteiger partial charge in [-0.1, -0.05) is 18.2 Å². The number of ether oxygens (including phenoxy) is 3. The van der Waals surface area contributed by atoms with Crippen molar-refractivity contribution in [3.63, 3.8) is 0 Å². The van der Waals surface area contributed by atoms with Crippen molar-refractivity contribution in [2.24, 2.45) is 0 Å². The van der Waals surface area contributed by atoms with Gasteiger partial charge in [-0.2, -0.15) is 0 Å². The molecule has 1 aliphatic rings. The van der Waals surface area contributed by atoms with E-state index in [1.165, 1.54) is 6.92 Å². The molecule has 1 saturated heterocycles. The van der Waals surface area contributed by atoms with Crippen LogP contribution in [0.25, 0.3) is 0 Å². The number of esters is 1. The average molecular weight is 387 g/mol. The van der Waals surface area contributed by atoms with Crippen molar-refractivity contribution in [2.75, 3.05) is 23.8 Å². The van der Waals surface area contributed by atoms with E-state index in [1.54, 1.807) is 0 Å². The molecule has 142 valence electrons. The predicted octanol–water partition coefficient (Wildman–Crippen LogP) is 2.98. The Morgan fingerprint density at radius 3 is 2.33 bits per heavy atom. The monoisotopic (exact) mass is 387 g/mol. The van der Waals surface area contributed by atoms with Crippen LogP contribution in [-0.4, -0.2) is 36.8 Å². The van der Waals surface area contributed by atoms with Crippen molar-refractivity contribution in [1.29, 1.82) is 0 Å². The second kappa shape index (κ2) is 9.31. The van der Waals surface area contributed by atoms with E-state index < -0.39 is 18.5 Å². The highest BCUT2D eigenvalue weighted by atomic mass is 32.1. The second-order valence-corrected chi connectivity index (χ2v) is 6.22. The standard InChI is InChI=1S/C19H21N3O4S/c1-13(23)26-18-17(24-11-12-25-18)22-19(27)21-16-9-7-15(8-10-16)20-14-5-3-2-4-6-14/h2-10,17-18,20H,11-12H2,1H3,(H2,21,22,27). The third-order valence-electron chi connectivity index (χ3n) is 3.67. The van der Waals surface area contributed by atoms with Crippen LogP contribution >= 0.6 is 12.2 Å². The van der Waals surface area contributed by atoms with Gasteiger partial charge in [0.1, 0.15) is 0 Å². The molecule has 0 amide bonds. The molecular formula is C19H21N3O4S. The van der Waals surface area contributed by atoms with Crippen LogP contribution in [0.2, 0.25) is 0 Å². The first-order valence-corrected chi connectivity index (χ1v) is 8.91. The van der Waals surface area contributed by atoms with Gasteiger partial charge in [0.25, 0.3) is 0 Å². The van der Waals surface area contributed by atoms with E-state index >= 15 is 0 Å². The third kappa shape index (κ3) is 5.92. The molecule has 2 aromatic rings. The van der Waals surface area contributed by atoms with E-state index in [4.69, 9.17) is 26.4 Å². The van der Waals surface area contributed by atoms with E-state index in [1.807, 2.05) is 54.6 Å². The number of anilines is 3. The molecule has 1 fully saturated rings. The number of nitrogens with one attached hydrogen (secondary N) is 3. The summed E-state index contributed by atoms with van der Waals surface area (Å²) in [5.41, 5.74) is 2.79. The number of rotatable bonds is 5. The van der Waals surface area contributed by atoms with Crippen molar-refractivity contribution < 1.29 is 19.0 Å². The number of thiocarbonyl (C=S) groups is 1. The maximum Gasteiger partial charge on any atom is 0.305 e. The lowest BCUT2D eigenvalue weighted by Crippen LogP contribution is -2.52. The first-order valence-electron chi connectivity index (χ1n) is 8.50. The fourth-order valence-corrected chi connectivity index (χ4v) is 2.73. The van der Waals surface area contributed by atoms with Crippen LogP contribution in [0.3, 0.4) is 0 Å². The van der Waals surface area contributed by atoms with Gasteiger partial charge in [0.15, 0.2) is 11.3 Å². The number of para-hydroxylation sites is 1. The first kappa shape index (κ1) is 19.1. The van der Waals surface area contributed by atoms with E-state index in [0.29, 0.717) is 18.3 Å². The molecule has 1 aliphatic heterocycles. The van der Waals surface area contributed by atoms with Gasteiger partial charge in [-0.15, -0.1) is 0 Å². The smallest absolute Gasteiger partial charge is 0.305 e. The third-order valence-corrected chi connectivity index (χ3v) is 3.89. The fourth-order valence-electron chi connectivity index (χ4n) is 2.50. The molecule has 0 aliphatic carbocycles. The van der Waals surface area contributed by atoms with Crippen LogP contribution in [0.4, 0.5) is 17.1 Å². The SMILES string of the molecule is CC(=O)OC1OCCOC1NC(=S)Nc1ccc(Nc2ccccc2)cc1. The van der Waals surface area contributed by atoms with Gasteiger partial charge in [-0.25, -0.2) is 0 Å². The molecule has 0 saturated carbocycles. The lowest BCUT2D eigenvalue weighted by atomic mass is 10.2. The number of benzene rings is 2. The molecular weight excluding hydrogens is 366 g/mol. The average Bonchev–Trinajstić information content (AvgIpc) is 2.65. The summed E-state index contributed by atoms with van der Waals surface area (Å²) in [4.78, 5) is 11.2. The Morgan fingerprint density at radius 2 is 1.63 bits per heavy atom. The highest BCUT2D eigenvalue weighted by molar-refractivity contribution is 7.80. The topological polar surface area (TPSA) is 80.9 Å². The largest absolute Gasteiger partial charge is 0.431 e. The Balaban J connectivity index is 1.53. The molecule has 0 spiro atoms. The minimum atomic E-state index is -0.839. The van der Waals surface area contributed by atoms with E-state index in [2.05, 4.69) is 16.0 Å². The molecule has 27 heavy (non-hydrogen) atoms. The van der Waals surface area contributed by atoms with Gasteiger partial charge in [0, 0.05) is 24.0 Å². The van der Waals surface area contributed by atoms with Gasteiger partial charge < -0.3 is 30.2 Å². The molecule has 8 heteroatoms. The van der Waals surface area contributed by atoms with Crippen LogP contribution in [0.15, 0.2) is 54.6 Å². The van der Waals surface area contributed by atoms with Crippen molar-refractivity contribution in [2.45, 2.75) is 19.4 Å². The predicted molar refractivity (Wildman–Crippen MR) is 107 cm³/mol.